The van der Waals surface area contributed by atoms with Crippen LogP contribution in [0.4, 0.5) is 0 Å². The van der Waals surface area contributed by atoms with E-state index in [0.717, 1.165) is 4.88 Å². The maximum absolute atomic E-state index is 12.3. The number of hydrogen-bond donors (Lipinski definition) is 1. The van der Waals surface area contributed by atoms with Crippen LogP contribution in [-0.4, -0.2) is 20.7 Å². The quantitative estimate of drug-likeness (QED) is 0.614. The normalized spacial score (nSPS) is 11.6. The molecule has 0 radical (unpaired) electrons. The second-order valence-corrected chi connectivity index (χ2v) is 9.35. The minimum absolute atomic E-state index is 0.0869. The molecule has 0 aliphatic heterocycles. The van der Waals surface area contributed by atoms with Gasteiger partial charge in [0, 0.05) is 26.7 Å². The Morgan fingerprint density at radius 1 is 1.04 bits per heavy atom. The fraction of sp³-hybridized carbons (Fsp3) is 0.167. The van der Waals surface area contributed by atoms with Crippen LogP contribution in [0.2, 0.25) is 0 Å². The van der Waals surface area contributed by atoms with E-state index in [9.17, 15) is 13.2 Å². The highest BCUT2D eigenvalue weighted by Gasteiger charge is 2.14. The molecule has 4 nitrogen and oxygen atoms in total. The van der Waals surface area contributed by atoms with Crippen molar-refractivity contribution in [1.82, 2.24) is 4.72 Å². The highest BCUT2D eigenvalue weighted by Crippen LogP contribution is 2.31. The SMILES string of the molecule is CC(=O)c1ccc(S(=O)(=O)NCCc2ccc(-c3cccs3)s2)cc1. The molecule has 0 aliphatic carbocycles. The Morgan fingerprint density at radius 3 is 2.44 bits per heavy atom. The molecule has 0 fully saturated rings. The van der Waals surface area contributed by atoms with Gasteiger partial charge in [-0.1, -0.05) is 18.2 Å². The van der Waals surface area contributed by atoms with Crippen molar-refractivity contribution >= 4 is 38.5 Å². The molecule has 0 saturated heterocycles. The molecule has 0 bridgehead atoms. The molecular formula is C18H17NO3S3. The molecule has 2 aromatic heterocycles. The number of nitrogens with one attached hydrogen (secondary N) is 1. The first-order valence-corrected chi connectivity index (χ1v) is 10.9. The lowest BCUT2D eigenvalue weighted by Gasteiger charge is -2.06. The van der Waals surface area contributed by atoms with Crippen molar-refractivity contribution in [2.45, 2.75) is 18.2 Å². The van der Waals surface area contributed by atoms with Gasteiger partial charge < -0.3 is 0 Å². The Balaban J connectivity index is 1.60. The summed E-state index contributed by atoms with van der Waals surface area (Å²) in [6.07, 6.45) is 0.640. The molecule has 0 aliphatic rings. The van der Waals surface area contributed by atoms with E-state index in [4.69, 9.17) is 0 Å². The van der Waals surface area contributed by atoms with Gasteiger partial charge in [-0.2, -0.15) is 0 Å². The average Bonchev–Trinajstić information content (AvgIpc) is 3.26. The first-order chi connectivity index (χ1) is 12.0. The zero-order valence-corrected chi connectivity index (χ0v) is 16.0. The molecule has 0 saturated carbocycles. The van der Waals surface area contributed by atoms with E-state index in [1.54, 1.807) is 22.7 Å². The summed E-state index contributed by atoms with van der Waals surface area (Å²) >= 11 is 3.37. The molecule has 25 heavy (non-hydrogen) atoms. The lowest BCUT2D eigenvalue weighted by Crippen LogP contribution is -2.25. The van der Waals surface area contributed by atoms with Gasteiger partial charge in [0.2, 0.25) is 10.0 Å². The van der Waals surface area contributed by atoms with Crippen LogP contribution in [0.3, 0.4) is 0 Å². The third kappa shape index (κ3) is 4.43. The van der Waals surface area contributed by atoms with Crippen LogP contribution in [0, 0.1) is 0 Å². The molecule has 0 atom stereocenters. The predicted octanol–water partition coefficient (Wildman–Crippen LogP) is 4.20. The highest BCUT2D eigenvalue weighted by atomic mass is 32.2. The molecule has 3 rings (SSSR count). The van der Waals surface area contributed by atoms with Crippen molar-refractivity contribution in [3.63, 3.8) is 0 Å². The van der Waals surface area contributed by atoms with Crippen molar-refractivity contribution in [3.8, 4) is 9.75 Å². The molecule has 1 aromatic carbocycles. The summed E-state index contributed by atoms with van der Waals surface area (Å²) in [6, 6.07) is 14.2. The number of ketones is 1. The van der Waals surface area contributed by atoms with Crippen LogP contribution in [0.15, 0.2) is 58.8 Å². The van der Waals surface area contributed by atoms with Gasteiger partial charge >= 0.3 is 0 Å². The van der Waals surface area contributed by atoms with E-state index in [0.29, 0.717) is 18.5 Å². The van der Waals surface area contributed by atoms with Crippen LogP contribution in [-0.2, 0) is 16.4 Å². The zero-order valence-electron chi connectivity index (χ0n) is 13.6. The minimum Gasteiger partial charge on any atom is -0.295 e. The number of benzene rings is 1. The van der Waals surface area contributed by atoms with Gasteiger partial charge in [-0.3, -0.25) is 4.79 Å². The standard InChI is InChI=1S/C18H17NO3S3/c1-13(20)14-4-7-16(8-5-14)25(21,22)19-11-10-15-6-9-18(24-15)17-3-2-12-23-17/h2-9,12,19H,10-11H2,1H3. The third-order valence-corrected chi connectivity index (χ3v) is 7.35. The van der Waals surface area contributed by atoms with Crippen LogP contribution >= 0.6 is 22.7 Å². The molecule has 7 heteroatoms. The Labute approximate surface area is 155 Å². The van der Waals surface area contributed by atoms with Gasteiger partial charge in [-0.05, 0) is 49.1 Å². The number of thiophene rings is 2. The number of Topliss-reactive ketones (excluding diaryl/α,β-unsaturated/α-hetero) is 1. The fourth-order valence-electron chi connectivity index (χ4n) is 2.32. The molecule has 3 aromatic rings. The van der Waals surface area contributed by atoms with Crippen LogP contribution in [0.1, 0.15) is 22.2 Å². The lowest BCUT2D eigenvalue weighted by atomic mass is 10.2. The van der Waals surface area contributed by atoms with Crippen molar-refractivity contribution in [3.05, 3.63) is 64.4 Å². The maximum atomic E-state index is 12.3. The van der Waals surface area contributed by atoms with Gasteiger partial charge in [0.05, 0.1) is 4.90 Å². The van der Waals surface area contributed by atoms with E-state index in [1.807, 2.05) is 17.5 Å². The van der Waals surface area contributed by atoms with Gasteiger partial charge in [-0.25, -0.2) is 13.1 Å². The largest absolute Gasteiger partial charge is 0.295 e. The highest BCUT2D eigenvalue weighted by molar-refractivity contribution is 7.89. The van der Waals surface area contributed by atoms with Gasteiger partial charge in [-0.15, -0.1) is 22.7 Å². The fourth-order valence-corrected chi connectivity index (χ4v) is 5.20. The molecular weight excluding hydrogens is 374 g/mol. The van der Waals surface area contributed by atoms with Gasteiger partial charge in [0.15, 0.2) is 5.78 Å². The van der Waals surface area contributed by atoms with E-state index < -0.39 is 10.0 Å². The summed E-state index contributed by atoms with van der Waals surface area (Å²) in [5.41, 5.74) is 0.499. The summed E-state index contributed by atoms with van der Waals surface area (Å²) in [4.78, 5) is 15.0. The summed E-state index contributed by atoms with van der Waals surface area (Å²) in [5, 5.41) is 2.04. The smallest absolute Gasteiger partial charge is 0.240 e. The van der Waals surface area contributed by atoms with E-state index in [1.165, 1.54) is 40.9 Å². The van der Waals surface area contributed by atoms with E-state index in [2.05, 4.69) is 16.9 Å². The number of rotatable bonds is 7. The van der Waals surface area contributed by atoms with Crippen molar-refractivity contribution < 1.29 is 13.2 Å². The number of hydrogen-bond acceptors (Lipinski definition) is 5. The van der Waals surface area contributed by atoms with Crippen LogP contribution < -0.4 is 4.72 Å². The molecule has 2 heterocycles. The number of carbonyl (C=O) groups is 1. The molecule has 0 unspecified atom stereocenters. The first-order valence-electron chi connectivity index (χ1n) is 7.69. The molecule has 0 spiro atoms. The second-order valence-electron chi connectivity index (χ2n) is 5.47. The Bertz CT molecular complexity index is 955. The van der Waals surface area contributed by atoms with E-state index >= 15 is 0 Å². The number of carbonyl (C=O) groups excluding carboxylic acids is 1. The van der Waals surface area contributed by atoms with Crippen LogP contribution in [0.5, 0.6) is 0 Å². The number of sulfonamides is 1. The summed E-state index contributed by atoms with van der Waals surface area (Å²) in [5.74, 6) is -0.0869. The Morgan fingerprint density at radius 2 is 1.80 bits per heavy atom. The Hall–Kier alpha value is -1.80. The average molecular weight is 392 g/mol. The van der Waals surface area contributed by atoms with Crippen LogP contribution in [0.25, 0.3) is 9.75 Å². The minimum atomic E-state index is -3.56. The molecule has 130 valence electrons. The molecule has 0 amide bonds. The third-order valence-electron chi connectivity index (χ3n) is 3.66. The van der Waals surface area contributed by atoms with Crippen molar-refractivity contribution in [2.24, 2.45) is 0 Å². The van der Waals surface area contributed by atoms with Crippen molar-refractivity contribution in [1.29, 1.82) is 0 Å². The summed E-state index contributed by atoms with van der Waals surface area (Å²) < 4.78 is 27.2. The molecule has 1 N–H and O–H groups in total. The summed E-state index contributed by atoms with van der Waals surface area (Å²) in [7, 11) is -3.56. The topological polar surface area (TPSA) is 63.2 Å². The maximum Gasteiger partial charge on any atom is 0.240 e. The van der Waals surface area contributed by atoms with E-state index in [-0.39, 0.29) is 10.7 Å². The Kier molecular flexibility index (Phi) is 5.48. The second kappa shape index (κ2) is 7.61. The van der Waals surface area contributed by atoms with Crippen molar-refractivity contribution in [2.75, 3.05) is 6.54 Å². The first kappa shape index (κ1) is 18.0. The zero-order chi connectivity index (χ0) is 17.9. The monoisotopic (exact) mass is 391 g/mol. The predicted molar refractivity (Wildman–Crippen MR) is 103 cm³/mol. The van der Waals surface area contributed by atoms with Gasteiger partial charge in [0.1, 0.15) is 0 Å². The lowest BCUT2D eigenvalue weighted by molar-refractivity contribution is 0.101. The summed E-state index contributed by atoms with van der Waals surface area (Å²) in [6.45, 7) is 1.79. The van der Waals surface area contributed by atoms with Gasteiger partial charge in [0.25, 0.3) is 0 Å².